The second kappa shape index (κ2) is 11.9. The molecule has 1 heterocycles. The highest BCUT2D eigenvalue weighted by Gasteiger charge is 2.27. The molecule has 1 aliphatic heterocycles. The third kappa shape index (κ3) is 6.25. The van der Waals surface area contributed by atoms with Crippen molar-refractivity contribution < 1.29 is 10.0 Å². The third-order valence-corrected chi connectivity index (χ3v) is 6.60. The van der Waals surface area contributed by atoms with Crippen molar-refractivity contribution >= 4 is 11.4 Å². The summed E-state index contributed by atoms with van der Waals surface area (Å²) in [6.07, 6.45) is 0.0997. The first-order valence-corrected chi connectivity index (χ1v) is 12.3. The maximum atomic E-state index is 11.6. The summed E-state index contributed by atoms with van der Waals surface area (Å²) in [7, 11) is 0. The van der Waals surface area contributed by atoms with E-state index in [-0.39, 0.29) is 16.7 Å². The van der Waals surface area contributed by atoms with E-state index >= 15 is 0 Å². The Morgan fingerprint density at radius 1 is 0.914 bits per heavy atom. The highest BCUT2D eigenvalue weighted by Crippen LogP contribution is 2.31. The monoisotopic (exact) mass is 474 g/mol. The Labute approximate surface area is 207 Å². The van der Waals surface area contributed by atoms with Gasteiger partial charge in [-0.2, -0.15) is 0 Å². The molecule has 0 amide bonds. The van der Waals surface area contributed by atoms with E-state index in [1.54, 1.807) is 12.1 Å². The number of nitro benzene ring substituents is 1. The Morgan fingerprint density at radius 3 is 2.06 bits per heavy atom. The lowest BCUT2D eigenvalue weighted by Crippen LogP contribution is -2.48. The number of piperazine rings is 1. The second-order valence-electron chi connectivity index (χ2n) is 9.04. The number of benzene rings is 3. The van der Waals surface area contributed by atoms with Gasteiger partial charge >= 0.3 is 0 Å². The van der Waals surface area contributed by atoms with Gasteiger partial charge in [0.25, 0.3) is 5.69 Å². The fourth-order valence-electron chi connectivity index (χ4n) is 4.75. The molecule has 1 unspecified atom stereocenters. The molecule has 1 aliphatic rings. The minimum atomic E-state index is -0.778. The lowest BCUT2D eigenvalue weighted by atomic mass is 9.96. The van der Waals surface area contributed by atoms with E-state index in [0.29, 0.717) is 24.3 Å². The Bertz CT molecular complexity index is 1050. The first kappa shape index (κ1) is 24.9. The number of aliphatic hydroxyl groups is 1. The predicted octanol–water partition coefficient (Wildman–Crippen LogP) is 4.86. The van der Waals surface area contributed by atoms with Crippen LogP contribution in [0.3, 0.4) is 0 Å². The quantitative estimate of drug-likeness (QED) is 0.323. The van der Waals surface area contributed by atoms with Crippen LogP contribution in [0.2, 0.25) is 0 Å². The van der Waals surface area contributed by atoms with Crippen LogP contribution >= 0.6 is 0 Å². The SMILES string of the molecule is CCCNc1ccc(C(O)CN2CCN(C(c3ccccc3)c3ccccc3)CC2)cc1[N+](=O)[O-]. The van der Waals surface area contributed by atoms with Gasteiger partial charge in [0.2, 0.25) is 0 Å². The molecule has 4 rings (SSSR count). The van der Waals surface area contributed by atoms with Crippen molar-refractivity contribution in [3.63, 3.8) is 0 Å². The minimum Gasteiger partial charge on any atom is -0.387 e. The number of nitrogens with one attached hydrogen (secondary N) is 1. The summed E-state index contributed by atoms with van der Waals surface area (Å²) in [5.41, 5.74) is 3.63. The molecule has 0 aliphatic carbocycles. The van der Waals surface area contributed by atoms with Gasteiger partial charge in [0.05, 0.1) is 17.1 Å². The number of aliphatic hydroxyl groups excluding tert-OH is 1. The molecule has 2 N–H and O–H groups in total. The molecular formula is C28H34N4O3. The Kier molecular flexibility index (Phi) is 8.47. The molecule has 3 aromatic rings. The summed E-state index contributed by atoms with van der Waals surface area (Å²) < 4.78 is 0. The molecule has 35 heavy (non-hydrogen) atoms. The smallest absolute Gasteiger partial charge is 0.292 e. The molecule has 0 saturated carbocycles. The van der Waals surface area contributed by atoms with E-state index in [2.05, 4.69) is 63.6 Å². The fraction of sp³-hybridized carbons (Fsp3) is 0.357. The van der Waals surface area contributed by atoms with Crippen LogP contribution in [0.1, 0.15) is 42.2 Å². The van der Waals surface area contributed by atoms with Crippen LogP contribution < -0.4 is 5.32 Å². The molecule has 0 bridgehead atoms. The molecule has 7 heteroatoms. The van der Waals surface area contributed by atoms with Crippen molar-refractivity contribution in [3.05, 3.63) is 106 Å². The topological polar surface area (TPSA) is 81.9 Å². The average molecular weight is 475 g/mol. The number of nitro groups is 1. The predicted molar refractivity (Wildman–Crippen MR) is 140 cm³/mol. The summed E-state index contributed by atoms with van der Waals surface area (Å²) in [6.45, 7) is 6.53. The summed E-state index contributed by atoms with van der Waals surface area (Å²) >= 11 is 0. The van der Waals surface area contributed by atoms with Crippen molar-refractivity contribution in [3.8, 4) is 0 Å². The Balaban J connectivity index is 1.41. The van der Waals surface area contributed by atoms with Crippen molar-refractivity contribution in [1.82, 2.24) is 9.80 Å². The number of β-amino-alcohol motifs (C(OH)–C–C–N with tert-alkyl or cyclic N) is 1. The van der Waals surface area contributed by atoms with Gasteiger partial charge < -0.3 is 10.4 Å². The van der Waals surface area contributed by atoms with Crippen molar-refractivity contribution in [1.29, 1.82) is 0 Å². The van der Waals surface area contributed by atoms with Crippen LogP contribution in [0, 0.1) is 10.1 Å². The molecule has 0 radical (unpaired) electrons. The molecule has 1 saturated heterocycles. The summed E-state index contributed by atoms with van der Waals surface area (Å²) in [5, 5.41) is 25.5. The van der Waals surface area contributed by atoms with Crippen LogP contribution in [-0.2, 0) is 0 Å². The van der Waals surface area contributed by atoms with Crippen molar-refractivity contribution in [2.24, 2.45) is 0 Å². The van der Waals surface area contributed by atoms with Gasteiger partial charge in [-0.15, -0.1) is 0 Å². The zero-order valence-corrected chi connectivity index (χ0v) is 20.2. The number of anilines is 1. The van der Waals surface area contributed by atoms with E-state index < -0.39 is 6.10 Å². The summed E-state index contributed by atoms with van der Waals surface area (Å²) in [4.78, 5) is 15.9. The van der Waals surface area contributed by atoms with Crippen LogP contribution in [0.25, 0.3) is 0 Å². The van der Waals surface area contributed by atoms with Crippen LogP contribution in [0.4, 0.5) is 11.4 Å². The first-order chi connectivity index (χ1) is 17.1. The van der Waals surface area contributed by atoms with Crippen LogP contribution in [0.5, 0.6) is 0 Å². The van der Waals surface area contributed by atoms with Gasteiger partial charge in [0.15, 0.2) is 0 Å². The van der Waals surface area contributed by atoms with E-state index in [4.69, 9.17) is 0 Å². The number of hydrogen-bond acceptors (Lipinski definition) is 6. The zero-order valence-electron chi connectivity index (χ0n) is 20.2. The van der Waals surface area contributed by atoms with Crippen molar-refractivity contribution in [2.45, 2.75) is 25.5 Å². The lowest BCUT2D eigenvalue weighted by molar-refractivity contribution is -0.384. The van der Waals surface area contributed by atoms with E-state index in [9.17, 15) is 15.2 Å². The molecule has 1 atom stereocenters. The van der Waals surface area contributed by atoms with Crippen LogP contribution in [0.15, 0.2) is 78.9 Å². The molecule has 3 aromatic carbocycles. The summed E-state index contributed by atoms with van der Waals surface area (Å²) in [5.74, 6) is 0. The maximum Gasteiger partial charge on any atom is 0.292 e. The number of rotatable bonds is 10. The minimum absolute atomic E-state index is 0.00776. The Morgan fingerprint density at radius 2 is 1.51 bits per heavy atom. The van der Waals surface area contributed by atoms with Crippen LogP contribution in [-0.4, -0.2) is 59.1 Å². The van der Waals surface area contributed by atoms with Gasteiger partial charge in [-0.05, 0) is 29.2 Å². The molecule has 1 fully saturated rings. The third-order valence-electron chi connectivity index (χ3n) is 6.60. The van der Waals surface area contributed by atoms with Gasteiger partial charge in [0.1, 0.15) is 5.69 Å². The molecule has 0 aromatic heterocycles. The molecule has 0 spiro atoms. The molecule has 184 valence electrons. The highest BCUT2D eigenvalue weighted by molar-refractivity contribution is 5.62. The van der Waals surface area contributed by atoms with Gasteiger partial charge in [0, 0.05) is 45.3 Å². The largest absolute Gasteiger partial charge is 0.387 e. The number of hydrogen-bond donors (Lipinski definition) is 2. The molecule has 7 nitrogen and oxygen atoms in total. The zero-order chi connectivity index (χ0) is 24.6. The fourth-order valence-corrected chi connectivity index (χ4v) is 4.75. The number of nitrogens with zero attached hydrogens (tertiary/aromatic N) is 3. The average Bonchev–Trinajstić information content (AvgIpc) is 2.89. The molecular weight excluding hydrogens is 440 g/mol. The lowest BCUT2D eigenvalue weighted by Gasteiger charge is -2.40. The van der Waals surface area contributed by atoms with Crippen molar-refractivity contribution in [2.75, 3.05) is 44.6 Å². The van der Waals surface area contributed by atoms with Gasteiger partial charge in [-0.3, -0.25) is 19.9 Å². The normalized spacial score (nSPS) is 15.7. The van der Waals surface area contributed by atoms with Gasteiger partial charge in [-0.1, -0.05) is 73.7 Å². The summed E-state index contributed by atoms with van der Waals surface area (Å²) in [6, 6.07) is 26.3. The standard InChI is InChI=1S/C28H34N4O3/c1-2-15-29-25-14-13-24(20-26(25)32(34)35)27(33)21-30-16-18-31(19-17-30)28(22-9-5-3-6-10-22)23-11-7-4-8-12-23/h3-14,20,27-29,33H,2,15-19,21H2,1H3. The Hall–Kier alpha value is -3.26. The highest BCUT2D eigenvalue weighted by atomic mass is 16.6. The van der Waals surface area contributed by atoms with E-state index in [1.807, 2.05) is 19.1 Å². The maximum absolute atomic E-state index is 11.6. The van der Waals surface area contributed by atoms with E-state index in [1.165, 1.54) is 17.2 Å². The van der Waals surface area contributed by atoms with E-state index in [0.717, 1.165) is 32.6 Å². The first-order valence-electron chi connectivity index (χ1n) is 12.3. The van der Waals surface area contributed by atoms with Gasteiger partial charge in [-0.25, -0.2) is 0 Å². The second-order valence-corrected chi connectivity index (χ2v) is 9.04.